The van der Waals surface area contributed by atoms with E-state index in [2.05, 4.69) is 16.7 Å². The molecule has 0 aromatic carbocycles. The summed E-state index contributed by atoms with van der Waals surface area (Å²) in [6, 6.07) is 0. The number of primary amides is 1. The van der Waals surface area contributed by atoms with Gasteiger partial charge in [-0.3, -0.25) is 4.79 Å². The average molecular weight is 469 g/mol. The number of rotatable bonds is 8. The molecule has 0 fully saturated rings. The lowest BCUT2D eigenvalue weighted by Gasteiger charge is -2.23. The normalized spacial score (nSPS) is 14.2. The minimum Gasteiger partial charge on any atom is -0.496 e. The number of hydrogen-bond acceptors (Lipinski definition) is 8. The first-order chi connectivity index (χ1) is 14.1. The maximum absolute atomic E-state index is 13.3. The molecule has 0 aliphatic rings. The zero-order valence-electron chi connectivity index (χ0n) is 18.7. The van der Waals surface area contributed by atoms with Gasteiger partial charge in [0.1, 0.15) is 26.0 Å². The number of nitrogens with two attached hydrogens (primary N) is 1. The maximum Gasteiger partial charge on any atom is 0.238 e. The second-order valence-corrected chi connectivity index (χ2v) is 11.4. The van der Waals surface area contributed by atoms with Gasteiger partial charge >= 0.3 is 0 Å². The van der Waals surface area contributed by atoms with Gasteiger partial charge in [-0.05, 0) is 53.2 Å². The molecule has 1 amide bonds. The van der Waals surface area contributed by atoms with Gasteiger partial charge in [0.05, 0.1) is 18.5 Å². The van der Waals surface area contributed by atoms with Gasteiger partial charge in [-0.1, -0.05) is 24.0 Å². The topological polar surface area (TPSA) is 137 Å². The lowest BCUT2D eigenvalue weighted by molar-refractivity contribution is -0.119. The Morgan fingerprint density at radius 1 is 1.32 bits per heavy atom. The predicted molar refractivity (Wildman–Crippen MR) is 121 cm³/mol. The number of nitrogens with zero attached hydrogens (tertiary/aromatic N) is 3. The third kappa shape index (κ3) is 4.30. The predicted octanol–water partition coefficient (Wildman–Crippen LogP) is 2.45. The number of imidazole rings is 1. The molecule has 3 N–H and O–H groups in total. The fourth-order valence-corrected chi connectivity index (χ4v) is 5.10. The Kier molecular flexibility index (Phi) is 6.56. The summed E-state index contributed by atoms with van der Waals surface area (Å²) in [5, 5.41) is 15.2. The Balaban J connectivity index is 2.79. The third-order valence-corrected chi connectivity index (χ3v) is 8.54. The molecule has 2 aromatic rings. The largest absolute Gasteiger partial charge is 0.496 e. The highest BCUT2D eigenvalue weighted by molar-refractivity contribution is 7.97. The number of ether oxygens (including phenoxy) is 1. The highest BCUT2D eigenvalue weighted by Crippen LogP contribution is 2.34. The summed E-state index contributed by atoms with van der Waals surface area (Å²) in [7, 11) is -2.97. The molecule has 2 heterocycles. The van der Waals surface area contributed by atoms with Crippen LogP contribution in [0.5, 0.6) is 0 Å². The van der Waals surface area contributed by atoms with Crippen molar-refractivity contribution in [2.45, 2.75) is 51.9 Å². The molecule has 0 spiro atoms. The molecular weight excluding hydrogens is 440 g/mol. The van der Waals surface area contributed by atoms with Crippen LogP contribution in [0.25, 0.3) is 10.5 Å². The van der Waals surface area contributed by atoms with E-state index in [1.165, 1.54) is 38.4 Å². The number of aromatic nitrogens is 3. The lowest BCUT2D eigenvalue weighted by atomic mass is 10.1. The van der Waals surface area contributed by atoms with Crippen molar-refractivity contribution in [3.8, 4) is 0 Å². The summed E-state index contributed by atoms with van der Waals surface area (Å²) in [4.78, 5) is 16.6. The van der Waals surface area contributed by atoms with Crippen LogP contribution in [0.15, 0.2) is 29.4 Å². The van der Waals surface area contributed by atoms with E-state index in [9.17, 15) is 18.3 Å². The first-order valence-corrected chi connectivity index (χ1v) is 11.6. The molecule has 2 aromatic heterocycles. The molecule has 0 saturated carbocycles. The zero-order chi connectivity index (χ0) is 23.9. The number of allylic oxidation sites excluding steroid dienone is 3. The number of aliphatic hydroxyl groups is 1. The van der Waals surface area contributed by atoms with Gasteiger partial charge in [0, 0.05) is 0 Å². The van der Waals surface area contributed by atoms with Crippen LogP contribution in [0.4, 0.5) is 0 Å². The van der Waals surface area contributed by atoms with Crippen LogP contribution in [-0.4, -0.2) is 45.9 Å². The Labute approximate surface area is 185 Å². The molecule has 0 aliphatic heterocycles. The Morgan fingerprint density at radius 3 is 2.35 bits per heavy atom. The third-order valence-electron chi connectivity index (χ3n) is 4.85. The second kappa shape index (κ2) is 8.21. The van der Waals surface area contributed by atoms with Crippen molar-refractivity contribution >= 4 is 37.6 Å². The molecule has 0 radical (unpaired) electrons. The highest BCUT2D eigenvalue weighted by atomic mass is 32.2. The van der Waals surface area contributed by atoms with Gasteiger partial charge in [0.2, 0.25) is 10.9 Å². The first-order valence-electron chi connectivity index (χ1n) is 9.34. The van der Waals surface area contributed by atoms with Crippen molar-refractivity contribution in [2.24, 2.45) is 5.73 Å². The molecule has 31 heavy (non-hydrogen) atoms. The van der Waals surface area contributed by atoms with Crippen molar-refractivity contribution in [3.63, 3.8) is 0 Å². The van der Waals surface area contributed by atoms with Gasteiger partial charge in [0.15, 0.2) is 9.84 Å². The molecule has 0 atom stereocenters. The number of methoxy groups -OCH3 is 1. The summed E-state index contributed by atoms with van der Waals surface area (Å²) in [5.74, 6) is -1.14. The van der Waals surface area contributed by atoms with Gasteiger partial charge < -0.3 is 15.6 Å². The van der Waals surface area contributed by atoms with Crippen molar-refractivity contribution in [3.05, 3.63) is 45.8 Å². The fourth-order valence-electron chi connectivity index (χ4n) is 2.67. The summed E-state index contributed by atoms with van der Waals surface area (Å²) < 4.78 is 31.4. The fraction of sp³-hybridized carbons (Fsp3) is 0.450. The number of carbonyl (C=O) groups is 1. The van der Waals surface area contributed by atoms with Crippen LogP contribution in [0.1, 0.15) is 51.0 Å². The van der Waals surface area contributed by atoms with E-state index >= 15 is 0 Å². The minimum absolute atomic E-state index is 0.137. The molecule has 11 heteroatoms. The van der Waals surface area contributed by atoms with Crippen molar-refractivity contribution in [1.82, 2.24) is 14.6 Å². The van der Waals surface area contributed by atoms with Crippen LogP contribution < -0.4 is 5.73 Å². The summed E-state index contributed by atoms with van der Waals surface area (Å²) in [6.45, 7) is 12.9. The molecule has 0 bridgehead atoms. The van der Waals surface area contributed by atoms with Crippen LogP contribution in [0.3, 0.4) is 0 Å². The molecule has 0 unspecified atom stereocenters. The average Bonchev–Trinajstić information content (AvgIpc) is 3.19. The number of fused-ring (bicyclic) bond motifs is 1. The smallest absolute Gasteiger partial charge is 0.238 e. The van der Waals surface area contributed by atoms with E-state index < -0.39 is 26.1 Å². The lowest BCUT2D eigenvalue weighted by Crippen LogP contribution is -2.46. The van der Waals surface area contributed by atoms with Crippen LogP contribution in [0, 0.1) is 6.92 Å². The Morgan fingerprint density at radius 2 is 1.90 bits per heavy atom. The van der Waals surface area contributed by atoms with E-state index in [1.807, 2.05) is 0 Å². The van der Waals surface area contributed by atoms with Crippen LogP contribution in [0.2, 0.25) is 0 Å². The molecule has 0 aliphatic carbocycles. The molecular formula is C20H28N4O5S2. The monoisotopic (exact) mass is 468 g/mol. The summed E-state index contributed by atoms with van der Waals surface area (Å²) >= 11 is 1.23. The highest BCUT2D eigenvalue weighted by Gasteiger charge is 2.44. The van der Waals surface area contributed by atoms with Crippen molar-refractivity contribution in [2.75, 3.05) is 7.11 Å². The minimum atomic E-state index is -4.26. The molecule has 0 saturated heterocycles. The van der Waals surface area contributed by atoms with Crippen LogP contribution in [-0.2, 0) is 25.0 Å². The summed E-state index contributed by atoms with van der Waals surface area (Å²) in [5.41, 5.74) is 5.82. The summed E-state index contributed by atoms with van der Waals surface area (Å²) in [6.07, 6.45) is 3.06. The van der Waals surface area contributed by atoms with Gasteiger partial charge in [-0.25, -0.2) is 17.9 Å². The number of hydrogen-bond donors (Lipinski definition) is 2. The van der Waals surface area contributed by atoms with E-state index in [0.717, 1.165) is 0 Å². The second-order valence-electron chi connectivity index (χ2n) is 7.96. The molecule has 9 nitrogen and oxygen atoms in total. The quantitative estimate of drug-likeness (QED) is 0.448. The van der Waals surface area contributed by atoms with Crippen LogP contribution >= 0.6 is 11.3 Å². The SMILES string of the molecule is C=C(OC)/C(=C\C(=C/C)c1c(C)nc2sc(C(C)(C)O)nn12)S(=O)(=O)C(C)(C)C(N)=O. The Bertz CT molecular complexity index is 1210. The Hall–Kier alpha value is -2.50. The standard InChI is InChI=1S/C20H28N4O5S2/c1-9-13(10-14(12(3)29-8)31(27,28)20(6,7)16(21)25)15-11(2)22-18-24(15)23-17(30-18)19(4,5)26/h9-10,26H,3H2,1-2,4-8H3,(H2,21,25)/b13-9+,14-10+. The maximum atomic E-state index is 13.3. The van der Waals surface area contributed by atoms with Crippen molar-refractivity contribution in [1.29, 1.82) is 0 Å². The van der Waals surface area contributed by atoms with E-state index in [0.29, 0.717) is 26.9 Å². The van der Waals surface area contributed by atoms with Crippen molar-refractivity contribution < 1.29 is 23.1 Å². The number of amides is 1. The van der Waals surface area contributed by atoms with E-state index in [1.54, 1.807) is 38.3 Å². The number of aryl methyl sites for hydroxylation is 1. The molecule has 170 valence electrons. The van der Waals surface area contributed by atoms with Gasteiger partial charge in [0.25, 0.3) is 0 Å². The first kappa shape index (κ1) is 24.8. The van der Waals surface area contributed by atoms with E-state index in [4.69, 9.17) is 10.5 Å². The zero-order valence-corrected chi connectivity index (χ0v) is 20.3. The van der Waals surface area contributed by atoms with E-state index in [-0.39, 0.29) is 10.7 Å². The number of carbonyl (C=O) groups excluding carboxylic acids is 1. The number of sulfone groups is 1. The van der Waals surface area contributed by atoms with Gasteiger partial charge in [-0.15, -0.1) is 0 Å². The molecule has 2 rings (SSSR count). The van der Waals surface area contributed by atoms with Gasteiger partial charge in [-0.2, -0.15) is 5.10 Å².